The summed E-state index contributed by atoms with van der Waals surface area (Å²) in [5.74, 6) is -2.62. The van der Waals surface area contributed by atoms with Crippen molar-refractivity contribution in [3.05, 3.63) is 64.7 Å². The van der Waals surface area contributed by atoms with Crippen molar-refractivity contribution in [2.75, 3.05) is 0 Å². The lowest BCUT2D eigenvalue weighted by atomic mass is 10.1. The molecule has 2 aromatic carbocycles. The van der Waals surface area contributed by atoms with Crippen molar-refractivity contribution >= 4 is 27.4 Å². The summed E-state index contributed by atoms with van der Waals surface area (Å²) in [4.78, 5) is 11.6. The molecule has 1 N–H and O–H groups in total. The van der Waals surface area contributed by atoms with Crippen LogP contribution < -0.4 is 0 Å². The highest BCUT2D eigenvalue weighted by Crippen LogP contribution is 2.54. The Balaban J connectivity index is 2.00. The fourth-order valence-corrected chi connectivity index (χ4v) is 5.28. The molecule has 3 atom stereocenters. The van der Waals surface area contributed by atoms with Gasteiger partial charge in [0, 0.05) is 10.9 Å². The molecule has 23 heavy (non-hydrogen) atoms. The molecule has 0 aliphatic heterocycles. The van der Waals surface area contributed by atoms with E-state index in [0.29, 0.717) is 10.6 Å². The zero-order valence-corrected chi connectivity index (χ0v) is 13.9. The summed E-state index contributed by atoms with van der Waals surface area (Å²) in [7, 11) is -3.71. The van der Waals surface area contributed by atoms with Crippen LogP contribution in [0.15, 0.2) is 53.4 Å². The van der Waals surface area contributed by atoms with E-state index in [2.05, 4.69) is 0 Å². The molecule has 0 radical (unpaired) electrons. The molecule has 0 saturated heterocycles. The Morgan fingerprint density at radius 1 is 1.13 bits per heavy atom. The minimum Gasteiger partial charge on any atom is -0.481 e. The van der Waals surface area contributed by atoms with Crippen molar-refractivity contribution in [3.8, 4) is 0 Å². The monoisotopic (exact) mass is 350 g/mol. The van der Waals surface area contributed by atoms with E-state index < -0.39 is 32.9 Å². The zero-order valence-electron chi connectivity index (χ0n) is 12.3. The summed E-state index contributed by atoms with van der Waals surface area (Å²) >= 11 is 5.94. The van der Waals surface area contributed by atoms with Crippen LogP contribution in [0.25, 0.3) is 0 Å². The Hall–Kier alpha value is -1.85. The van der Waals surface area contributed by atoms with Gasteiger partial charge in [-0.25, -0.2) is 8.42 Å². The first-order chi connectivity index (χ1) is 10.8. The van der Waals surface area contributed by atoms with E-state index in [4.69, 9.17) is 11.6 Å². The van der Waals surface area contributed by atoms with E-state index in [9.17, 15) is 18.3 Å². The molecule has 6 heteroatoms. The Labute approximate surface area is 139 Å². The number of hydrogen-bond donors (Lipinski definition) is 1. The number of halogens is 1. The zero-order chi connectivity index (χ0) is 16.8. The normalized spacial score (nSPS) is 23.5. The number of aliphatic carboxylic acids is 1. The molecule has 1 saturated carbocycles. The van der Waals surface area contributed by atoms with Crippen molar-refractivity contribution in [2.24, 2.45) is 5.92 Å². The topological polar surface area (TPSA) is 71.4 Å². The molecular formula is C17H15ClO4S. The van der Waals surface area contributed by atoms with Gasteiger partial charge in [0.05, 0.1) is 16.1 Å². The van der Waals surface area contributed by atoms with Crippen molar-refractivity contribution in [1.29, 1.82) is 0 Å². The smallest absolute Gasteiger partial charge is 0.308 e. The maximum atomic E-state index is 12.8. The van der Waals surface area contributed by atoms with E-state index in [1.165, 1.54) is 12.1 Å². The molecule has 4 nitrogen and oxygen atoms in total. The average molecular weight is 351 g/mol. The van der Waals surface area contributed by atoms with Gasteiger partial charge in [-0.3, -0.25) is 4.79 Å². The van der Waals surface area contributed by atoms with Crippen LogP contribution in [0.4, 0.5) is 0 Å². The van der Waals surface area contributed by atoms with Crippen LogP contribution in [-0.2, 0) is 14.6 Å². The van der Waals surface area contributed by atoms with Crippen LogP contribution in [0.1, 0.15) is 17.0 Å². The van der Waals surface area contributed by atoms with Crippen LogP contribution in [0.3, 0.4) is 0 Å². The minimum absolute atomic E-state index is 0.156. The Bertz CT molecular complexity index is 858. The standard InChI is InChI=1S/C17H15ClO4S/c1-10-5-7-13(8-6-10)23(21,22)16-14(15(16)17(19)20)11-3-2-4-12(18)9-11/h2-9,14-16H,1H3,(H,19,20)/t14-,15-,16+/m1/s1. The first kappa shape index (κ1) is 16.0. The SMILES string of the molecule is Cc1ccc(S(=O)(=O)[C@@H]2[C@H](C(=O)O)[C@H]2c2cccc(Cl)c2)cc1. The number of hydrogen-bond acceptors (Lipinski definition) is 3. The first-order valence-electron chi connectivity index (χ1n) is 7.11. The summed E-state index contributed by atoms with van der Waals surface area (Å²) in [6.45, 7) is 1.86. The number of aryl methyl sites for hydroxylation is 1. The van der Waals surface area contributed by atoms with Crippen LogP contribution in [0.5, 0.6) is 0 Å². The largest absolute Gasteiger partial charge is 0.481 e. The van der Waals surface area contributed by atoms with Gasteiger partial charge in [0.25, 0.3) is 0 Å². The van der Waals surface area contributed by atoms with Gasteiger partial charge in [0.2, 0.25) is 0 Å². The molecule has 0 unspecified atom stereocenters. The van der Waals surface area contributed by atoms with Gasteiger partial charge in [0.15, 0.2) is 9.84 Å². The lowest BCUT2D eigenvalue weighted by Gasteiger charge is -2.05. The summed E-state index contributed by atoms with van der Waals surface area (Å²) in [5, 5.41) is 8.89. The van der Waals surface area contributed by atoms with Crippen LogP contribution >= 0.6 is 11.6 Å². The fraction of sp³-hybridized carbons (Fsp3) is 0.235. The van der Waals surface area contributed by atoms with E-state index >= 15 is 0 Å². The highest BCUT2D eigenvalue weighted by Gasteiger charge is 2.63. The van der Waals surface area contributed by atoms with Crippen LogP contribution in [-0.4, -0.2) is 24.7 Å². The molecule has 0 heterocycles. The maximum absolute atomic E-state index is 12.8. The second-order valence-electron chi connectivity index (χ2n) is 5.77. The van der Waals surface area contributed by atoms with Crippen molar-refractivity contribution < 1.29 is 18.3 Å². The second-order valence-corrected chi connectivity index (χ2v) is 8.31. The minimum atomic E-state index is -3.71. The third-order valence-electron chi connectivity index (χ3n) is 4.18. The third-order valence-corrected chi connectivity index (χ3v) is 6.65. The summed E-state index contributed by atoms with van der Waals surface area (Å²) in [6, 6.07) is 13.2. The summed E-state index contributed by atoms with van der Waals surface area (Å²) < 4.78 is 25.6. The Morgan fingerprint density at radius 2 is 1.78 bits per heavy atom. The van der Waals surface area contributed by atoms with Crippen molar-refractivity contribution in [2.45, 2.75) is 23.0 Å². The fourth-order valence-electron chi connectivity index (χ4n) is 2.96. The van der Waals surface area contributed by atoms with Gasteiger partial charge >= 0.3 is 5.97 Å². The molecule has 120 valence electrons. The molecule has 3 rings (SSSR count). The lowest BCUT2D eigenvalue weighted by Crippen LogP contribution is -2.13. The average Bonchev–Trinajstić information content (AvgIpc) is 3.24. The molecule has 1 aliphatic carbocycles. The van der Waals surface area contributed by atoms with Crippen LogP contribution in [0.2, 0.25) is 5.02 Å². The van der Waals surface area contributed by atoms with E-state index in [-0.39, 0.29) is 4.90 Å². The molecule has 0 spiro atoms. The quantitative estimate of drug-likeness (QED) is 0.918. The predicted molar refractivity (Wildman–Crippen MR) is 87.5 cm³/mol. The maximum Gasteiger partial charge on any atom is 0.308 e. The number of carboxylic acid groups (broad SMARTS) is 1. The number of carbonyl (C=O) groups is 1. The lowest BCUT2D eigenvalue weighted by molar-refractivity contribution is -0.138. The molecule has 0 amide bonds. The van der Waals surface area contributed by atoms with Crippen LogP contribution in [0, 0.1) is 12.8 Å². The highest BCUT2D eigenvalue weighted by molar-refractivity contribution is 7.92. The first-order valence-corrected chi connectivity index (χ1v) is 9.03. The van der Waals surface area contributed by atoms with Gasteiger partial charge in [-0.15, -0.1) is 0 Å². The van der Waals surface area contributed by atoms with E-state index in [1.54, 1.807) is 36.4 Å². The number of rotatable bonds is 4. The molecule has 2 aromatic rings. The Kier molecular flexibility index (Phi) is 3.94. The second kappa shape index (κ2) is 5.65. The predicted octanol–water partition coefficient (Wildman–Crippen LogP) is 3.29. The summed E-state index contributed by atoms with van der Waals surface area (Å²) in [5.41, 5.74) is 1.59. The number of benzene rings is 2. The van der Waals surface area contributed by atoms with Gasteiger partial charge in [-0.1, -0.05) is 41.4 Å². The highest BCUT2D eigenvalue weighted by atomic mass is 35.5. The molecule has 0 bridgehead atoms. The van der Waals surface area contributed by atoms with Crippen molar-refractivity contribution in [3.63, 3.8) is 0 Å². The molecular weight excluding hydrogens is 336 g/mol. The van der Waals surface area contributed by atoms with E-state index in [0.717, 1.165) is 5.56 Å². The van der Waals surface area contributed by atoms with E-state index in [1.807, 2.05) is 6.92 Å². The van der Waals surface area contributed by atoms with Gasteiger partial charge in [-0.2, -0.15) is 0 Å². The number of sulfone groups is 1. The van der Waals surface area contributed by atoms with Gasteiger partial charge in [0.1, 0.15) is 0 Å². The number of carboxylic acids is 1. The van der Waals surface area contributed by atoms with Gasteiger partial charge in [-0.05, 0) is 36.8 Å². The molecule has 0 aromatic heterocycles. The Morgan fingerprint density at radius 3 is 2.35 bits per heavy atom. The molecule has 1 fully saturated rings. The van der Waals surface area contributed by atoms with Crippen molar-refractivity contribution in [1.82, 2.24) is 0 Å². The van der Waals surface area contributed by atoms with Gasteiger partial charge < -0.3 is 5.11 Å². The summed E-state index contributed by atoms with van der Waals surface area (Å²) in [6.07, 6.45) is 0. The third kappa shape index (κ3) is 2.86. The molecule has 1 aliphatic rings.